The Kier molecular flexibility index (Phi) is 11.3. The summed E-state index contributed by atoms with van der Waals surface area (Å²) in [6, 6.07) is 8.92. The highest BCUT2D eigenvalue weighted by Crippen LogP contribution is 2.39. The van der Waals surface area contributed by atoms with Gasteiger partial charge in [0.1, 0.15) is 5.76 Å². The number of nitrogens with zero attached hydrogens (tertiary/aromatic N) is 3. The topological polar surface area (TPSA) is 53.1 Å². The number of hydrogen-bond acceptors (Lipinski definition) is 4. The SMILES string of the molecule is CC.CC(=O)N1CCC(CC(=O)N2CCN(C(C3=CCC=C(C(F)(F)F)O3)c3ccccc3)CC2C(C)C)CC1. The van der Waals surface area contributed by atoms with Gasteiger partial charge in [-0.3, -0.25) is 14.5 Å². The van der Waals surface area contributed by atoms with E-state index in [1.165, 1.54) is 0 Å². The zero-order chi connectivity index (χ0) is 29.4. The molecule has 3 aliphatic heterocycles. The van der Waals surface area contributed by atoms with Crippen molar-refractivity contribution in [1.82, 2.24) is 14.7 Å². The number of carbonyl (C=O) groups excluding carboxylic acids is 2. The quantitative estimate of drug-likeness (QED) is 0.407. The zero-order valence-corrected chi connectivity index (χ0v) is 24.4. The van der Waals surface area contributed by atoms with Crippen molar-refractivity contribution in [3.05, 3.63) is 59.6 Å². The number of halogens is 3. The first kappa shape index (κ1) is 31.7. The summed E-state index contributed by atoms with van der Waals surface area (Å²) in [5.41, 5.74) is 0.863. The van der Waals surface area contributed by atoms with Gasteiger partial charge in [-0.05, 0) is 48.8 Å². The average Bonchev–Trinajstić information content (AvgIpc) is 2.95. The monoisotopic (exact) mass is 563 g/mol. The number of rotatable bonds is 6. The molecule has 2 atom stereocenters. The van der Waals surface area contributed by atoms with Crippen LogP contribution in [0.15, 0.2) is 54.0 Å². The number of hydrogen-bond donors (Lipinski definition) is 0. The number of amides is 2. The van der Waals surface area contributed by atoms with Crippen LogP contribution >= 0.6 is 0 Å². The summed E-state index contributed by atoms with van der Waals surface area (Å²) < 4.78 is 45.9. The second kappa shape index (κ2) is 14.2. The fraction of sp³-hybridized carbons (Fsp3) is 0.613. The lowest BCUT2D eigenvalue weighted by Gasteiger charge is -2.47. The fourth-order valence-electron chi connectivity index (χ4n) is 5.79. The predicted octanol–water partition coefficient (Wildman–Crippen LogP) is 6.32. The van der Waals surface area contributed by atoms with Crippen LogP contribution in [0.4, 0.5) is 13.2 Å². The summed E-state index contributed by atoms with van der Waals surface area (Å²) in [5, 5.41) is 0. The van der Waals surface area contributed by atoms with Crippen LogP contribution in [0.3, 0.4) is 0 Å². The molecule has 0 spiro atoms. The van der Waals surface area contributed by atoms with Gasteiger partial charge in [-0.1, -0.05) is 58.0 Å². The van der Waals surface area contributed by atoms with E-state index in [0.717, 1.165) is 24.5 Å². The Hall–Kier alpha value is -2.81. The van der Waals surface area contributed by atoms with E-state index in [2.05, 4.69) is 18.7 Å². The Morgan fingerprint density at radius 2 is 1.65 bits per heavy atom. The lowest BCUT2D eigenvalue weighted by Crippen LogP contribution is -2.58. The Labute approximate surface area is 236 Å². The summed E-state index contributed by atoms with van der Waals surface area (Å²) in [4.78, 5) is 31.1. The lowest BCUT2D eigenvalue weighted by molar-refractivity contribution is -0.140. The molecule has 3 heterocycles. The molecule has 2 amide bonds. The van der Waals surface area contributed by atoms with Crippen molar-refractivity contribution in [3.63, 3.8) is 0 Å². The minimum Gasteiger partial charge on any atom is -0.455 e. The van der Waals surface area contributed by atoms with Gasteiger partial charge < -0.3 is 14.5 Å². The van der Waals surface area contributed by atoms with E-state index in [-0.39, 0.29) is 41.9 Å². The zero-order valence-electron chi connectivity index (χ0n) is 24.4. The summed E-state index contributed by atoms with van der Waals surface area (Å²) in [6.07, 6.45) is 0.519. The molecule has 0 saturated carbocycles. The molecule has 0 N–H and O–H groups in total. The number of alkyl halides is 3. The highest BCUT2D eigenvalue weighted by molar-refractivity contribution is 5.77. The number of carbonyl (C=O) groups is 2. The summed E-state index contributed by atoms with van der Waals surface area (Å²) in [5.74, 6) is -0.0598. The number of benzene rings is 1. The van der Waals surface area contributed by atoms with Crippen molar-refractivity contribution in [2.45, 2.75) is 78.6 Å². The Balaban J connectivity index is 0.00000216. The molecule has 4 rings (SSSR count). The molecule has 9 heteroatoms. The van der Waals surface area contributed by atoms with E-state index in [1.807, 2.05) is 54.0 Å². The van der Waals surface area contributed by atoms with Gasteiger partial charge in [0.25, 0.3) is 0 Å². The Bertz CT molecular complexity index is 1050. The third-order valence-corrected chi connectivity index (χ3v) is 7.94. The second-order valence-corrected chi connectivity index (χ2v) is 10.9. The number of likely N-dealkylation sites (tertiary alicyclic amines) is 1. The van der Waals surface area contributed by atoms with Gasteiger partial charge >= 0.3 is 6.18 Å². The molecular formula is C31H44F3N3O3. The summed E-state index contributed by atoms with van der Waals surface area (Å²) in [6.45, 7) is 12.7. The number of allylic oxidation sites excluding steroid dienone is 3. The van der Waals surface area contributed by atoms with Crippen LogP contribution in [0, 0.1) is 11.8 Å². The van der Waals surface area contributed by atoms with Crippen molar-refractivity contribution in [1.29, 1.82) is 0 Å². The van der Waals surface area contributed by atoms with Gasteiger partial charge in [-0.15, -0.1) is 0 Å². The number of piperidine rings is 1. The van der Waals surface area contributed by atoms with E-state index in [1.54, 1.807) is 13.0 Å². The largest absolute Gasteiger partial charge is 0.455 e. The van der Waals surface area contributed by atoms with Crippen LogP contribution in [-0.2, 0) is 14.3 Å². The molecule has 40 heavy (non-hydrogen) atoms. The van der Waals surface area contributed by atoms with Crippen LogP contribution in [0.1, 0.15) is 71.9 Å². The molecule has 0 aromatic heterocycles. The third-order valence-electron chi connectivity index (χ3n) is 7.94. The van der Waals surface area contributed by atoms with Gasteiger partial charge in [-0.25, -0.2) is 0 Å². The molecule has 0 bridgehead atoms. The maximum atomic E-state index is 13.5. The van der Waals surface area contributed by atoms with Gasteiger partial charge in [-0.2, -0.15) is 13.2 Å². The van der Waals surface area contributed by atoms with Gasteiger partial charge in [0, 0.05) is 52.1 Å². The van der Waals surface area contributed by atoms with Crippen molar-refractivity contribution >= 4 is 11.8 Å². The minimum atomic E-state index is -4.55. The summed E-state index contributed by atoms with van der Waals surface area (Å²) in [7, 11) is 0. The Morgan fingerprint density at radius 3 is 2.23 bits per heavy atom. The van der Waals surface area contributed by atoms with Crippen LogP contribution in [0.2, 0.25) is 0 Å². The Morgan fingerprint density at radius 1 is 1.00 bits per heavy atom. The molecule has 0 radical (unpaired) electrons. The molecule has 2 saturated heterocycles. The fourth-order valence-corrected chi connectivity index (χ4v) is 5.79. The van der Waals surface area contributed by atoms with E-state index < -0.39 is 18.0 Å². The van der Waals surface area contributed by atoms with Crippen LogP contribution in [0.25, 0.3) is 0 Å². The van der Waals surface area contributed by atoms with Crippen LogP contribution < -0.4 is 0 Å². The molecular weight excluding hydrogens is 519 g/mol. The van der Waals surface area contributed by atoms with Crippen molar-refractivity contribution in [2.75, 3.05) is 32.7 Å². The van der Waals surface area contributed by atoms with Gasteiger partial charge in [0.15, 0.2) is 0 Å². The molecule has 2 unspecified atom stereocenters. The predicted molar refractivity (Wildman–Crippen MR) is 150 cm³/mol. The second-order valence-electron chi connectivity index (χ2n) is 10.9. The molecule has 1 aromatic rings. The van der Waals surface area contributed by atoms with Gasteiger partial charge in [0.05, 0.1) is 6.04 Å². The maximum Gasteiger partial charge on any atom is 0.449 e. The third kappa shape index (κ3) is 7.89. The number of ether oxygens (including phenoxy) is 1. The molecule has 222 valence electrons. The first-order valence-corrected chi connectivity index (χ1v) is 14.5. The van der Waals surface area contributed by atoms with E-state index in [0.29, 0.717) is 39.1 Å². The van der Waals surface area contributed by atoms with E-state index in [4.69, 9.17) is 4.74 Å². The van der Waals surface area contributed by atoms with Crippen molar-refractivity contribution < 1.29 is 27.5 Å². The summed E-state index contributed by atoms with van der Waals surface area (Å²) >= 11 is 0. The van der Waals surface area contributed by atoms with Crippen molar-refractivity contribution in [2.24, 2.45) is 11.8 Å². The highest BCUT2D eigenvalue weighted by Gasteiger charge is 2.42. The molecule has 2 fully saturated rings. The normalized spacial score (nSPS) is 21.6. The maximum absolute atomic E-state index is 13.5. The standard InChI is InChI=1S/C29H38F3N3O3.C2H6/c1-20(2)24-19-34(16-17-35(24)27(37)18-22-12-14-33(15-13-22)21(3)36)28(23-8-5-4-6-9-23)25-10-7-11-26(38-25)29(30,31)32;1-2/h4-6,8-11,20,22,24,28H,7,12-19H2,1-3H3;1-2H3. The van der Waals surface area contributed by atoms with Crippen LogP contribution in [-0.4, -0.2) is 71.5 Å². The highest BCUT2D eigenvalue weighted by atomic mass is 19.4. The minimum absolute atomic E-state index is 0.0680. The first-order chi connectivity index (χ1) is 19.0. The number of piperazine rings is 1. The van der Waals surface area contributed by atoms with Gasteiger partial charge in [0.2, 0.25) is 17.6 Å². The van der Waals surface area contributed by atoms with Crippen molar-refractivity contribution in [3.8, 4) is 0 Å². The van der Waals surface area contributed by atoms with E-state index >= 15 is 0 Å². The van der Waals surface area contributed by atoms with Crippen LogP contribution in [0.5, 0.6) is 0 Å². The first-order valence-electron chi connectivity index (χ1n) is 14.5. The molecule has 0 aliphatic carbocycles. The molecule has 3 aliphatic rings. The molecule has 6 nitrogen and oxygen atoms in total. The molecule has 1 aromatic carbocycles. The van der Waals surface area contributed by atoms with E-state index in [9.17, 15) is 22.8 Å². The average molecular weight is 564 g/mol. The lowest BCUT2D eigenvalue weighted by atomic mass is 9.91. The smallest absolute Gasteiger partial charge is 0.449 e.